The van der Waals surface area contributed by atoms with Gasteiger partial charge in [0, 0.05) is 22.3 Å². The molecule has 0 bridgehead atoms. The van der Waals surface area contributed by atoms with Crippen molar-refractivity contribution in [3.8, 4) is 11.8 Å². The maximum Gasteiger partial charge on any atom is 0.328 e. The van der Waals surface area contributed by atoms with E-state index in [0.717, 1.165) is 0 Å². The molecule has 0 aliphatic heterocycles. The van der Waals surface area contributed by atoms with Crippen LogP contribution in [0, 0.1) is 11.8 Å². The summed E-state index contributed by atoms with van der Waals surface area (Å²) in [5.74, 6) is 4.13. The van der Waals surface area contributed by atoms with Crippen LogP contribution >= 0.6 is 0 Å². The van der Waals surface area contributed by atoms with Crippen LogP contribution in [-0.4, -0.2) is 50.1 Å². The summed E-state index contributed by atoms with van der Waals surface area (Å²) in [5.41, 5.74) is 2.17. The number of rotatable bonds is 6. The number of amides is 2. The Kier molecular flexibility index (Phi) is 8.54. The van der Waals surface area contributed by atoms with Gasteiger partial charge in [0.15, 0.2) is 0 Å². The summed E-state index contributed by atoms with van der Waals surface area (Å²) in [6, 6.07) is 11.7. The van der Waals surface area contributed by atoms with Gasteiger partial charge in [-0.25, -0.2) is 9.59 Å². The molecule has 0 aliphatic carbocycles. The number of hydrogen-bond acceptors (Lipinski definition) is 6. The third-order valence-electron chi connectivity index (χ3n) is 4.45. The van der Waals surface area contributed by atoms with Gasteiger partial charge in [-0.2, -0.15) is 0 Å². The van der Waals surface area contributed by atoms with Crippen LogP contribution < -0.4 is 10.6 Å². The molecule has 2 atom stereocenters. The van der Waals surface area contributed by atoms with Crippen molar-refractivity contribution in [1.29, 1.82) is 0 Å². The van der Waals surface area contributed by atoms with Gasteiger partial charge < -0.3 is 20.1 Å². The molecule has 0 heterocycles. The first kappa shape index (κ1) is 24.2. The fourth-order valence-electron chi connectivity index (χ4n) is 2.59. The summed E-state index contributed by atoms with van der Waals surface area (Å²) < 4.78 is 9.16. The molecule has 0 spiro atoms. The quantitative estimate of drug-likeness (QED) is 0.527. The van der Waals surface area contributed by atoms with Gasteiger partial charge >= 0.3 is 11.9 Å². The Balaban J connectivity index is 2.00. The first-order valence-corrected chi connectivity index (χ1v) is 9.74. The van der Waals surface area contributed by atoms with Crippen molar-refractivity contribution in [2.24, 2.45) is 0 Å². The Bertz CT molecular complexity index is 965. The molecule has 2 rings (SSSR count). The van der Waals surface area contributed by atoms with Crippen LogP contribution in [0.3, 0.4) is 0 Å². The molecule has 8 heteroatoms. The minimum atomic E-state index is -0.749. The van der Waals surface area contributed by atoms with Gasteiger partial charge in [-0.3, -0.25) is 9.59 Å². The van der Waals surface area contributed by atoms with Crippen molar-refractivity contribution in [1.82, 2.24) is 10.6 Å². The second-order valence-corrected chi connectivity index (χ2v) is 6.84. The first-order valence-electron chi connectivity index (χ1n) is 9.74. The van der Waals surface area contributed by atoms with Crippen LogP contribution in [0.1, 0.15) is 45.7 Å². The van der Waals surface area contributed by atoms with Crippen molar-refractivity contribution in [2.75, 3.05) is 14.2 Å². The maximum absolute atomic E-state index is 12.2. The standard InChI is InChI=1S/C24H24N2O6/c1-15(23(29)31-3)25-21(27)19-11-7-17(8-12-19)5-6-18-9-13-20(14-10-18)22(28)26-16(2)24(30)32-4/h7-16H,1-4H3,(H,25,27)(H,26,28)/t15-,16-/m0/s1. The van der Waals surface area contributed by atoms with Crippen LogP contribution in [0.2, 0.25) is 0 Å². The summed E-state index contributed by atoms with van der Waals surface area (Å²) in [6.07, 6.45) is 0. The highest BCUT2D eigenvalue weighted by Crippen LogP contribution is 2.07. The molecule has 32 heavy (non-hydrogen) atoms. The van der Waals surface area contributed by atoms with E-state index >= 15 is 0 Å². The highest BCUT2D eigenvalue weighted by molar-refractivity contribution is 5.97. The van der Waals surface area contributed by atoms with Crippen molar-refractivity contribution >= 4 is 23.8 Å². The van der Waals surface area contributed by atoms with E-state index in [0.29, 0.717) is 22.3 Å². The monoisotopic (exact) mass is 436 g/mol. The normalized spacial score (nSPS) is 11.8. The molecule has 0 aliphatic rings. The molecule has 166 valence electrons. The Morgan fingerprint density at radius 3 is 1.25 bits per heavy atom. The van der Waals surface area contributed by atoms with E-state index in [1.165, 1.54) is 28.1 Å². The molecule has 0 saturated carbocycles. The number of hydrogen-bond donors (Lipinski definition) is 2. The van der Waals surface area contributed by atoms with Gasteiger partial charge in [0.25, 0.3) is 11.8 Å². The average Bonchev–Trinajstić information content (AvgIpc) is 2.81. The zero-order valence-corrected chi connectivity index (χ0v) is 18.2. The second-order valence-electron chi connectivity index (χ2n) is 6.84. The molecule has 0 saturated heterocycles. The summed E-state index contributed by atoms with van der Waals surface area (Å²) in [7, 11) is 2.51. The van der Waals surface area contributed by atoms with Crippen LogP contribution in [0.15, 0.2) is 48.5 Å². The molecule has 0 fully saturated rings. The Labute approximate surface area is 186 Å². The molecule has 0 aromatic heterocycles. The fourth-order valence-corrected chi connectivity index (χ4v) is 2.59. The summed E-state index contributed by atoms with van der Waals surface area (Å²) in [5, 5.41) is 5.10. The number of carbonyl (C=O) groups excluding carboxylic acids is 4. The molecule has 2 N–H and O–H groups in total. The maximum atomic E-state index is 12.2. The van der Waals surface area contributed by atoms with E-state index in [-0.39, 0.29) is 0 Å². The van der Waals surface area contributed by atoms with E-state index in [1.807, 2.05) is 0 Å². The highest BCUT2D eigenvalue weighted by atomic mass is 16.5. The molecular weight excluding hydrogens is 412 g/mol. The van der Waals surface area contributed by atoms with Crippen molar-refractivity contribution < 1.29 is 28.7 Å². The smallest absolute Gasteiger partial charge is 0.328 e. The average molecular weight is 436 g/mol. The van der Waals surface area contributed by atoms with Gasteiger partial charge in [0.1, 0.15) is 12.1 Å². The SMILES string of the molecule is COC(=O)[C@H](C)NC(=O)c1ccc(C#Cc2ccc(C(=O)N[C@@H](C)C(=O)OC)cc2)cc1. The predicted molar refractivity (Wildman–Crippen MR) is 117 cm³/mol. The number of nitrogens with one attached hydrogen (secondary N) is 2. The number of carbonyl (C=O) groups is 4. The minimum Gasteiger partial charge on any atom is -0.467 e. The minimum absolute atomic E-state index is 0.391. The third-order valence-corrected chi connectivity index (χ3v) is 4.45. The lowest BCUT2D eigenvalue weighted by Crippen LogP contribution is -2.39. The molecule has 0 radical (unpaired) electrons. The first-order chi connectivity index (χ1) is 15.2. The Hall–Kier alpha value is -4.12. The number of methoxy groups -OCH3 is 2. The molecule has 0 unspecified atom stereocenters. The van der Waals surface area contributed by atoms with Gasteiger partial charge in [0.2, 0.25) is 0 Å². The zero-order valence-electron chi connectivity index (χ0n) is 18.2. The van der Waals surface area contributed by atoms with Crippen LogP contribution in [0.4, 0.5) is 0 Å². The van der Waals surface area contributed by atoms with E-state index in [1.54, 1.807) is 48.5 Å². The summed E-state index contributed by atoms with van der Waals surface area (Å²) in [4.78, 5) is 47.1. The van der Waals surface area contributed by atoms with Crippen molar-refractivity contribution in [3.05, 3.63) is 70.8 Å². The number of ether oxygens (including phenoxy) is 2. The molecule has 2 amide bonds. The predicted octanol–water partition coefficient (Wildman–Crippen LogP) is 1.67. The summed E-state index contributed by atoms with van der Waals surface area (Å²) in [6.45, 7) is 3.08. The van der Waals surface area contributed by atoms with Crippen LogP contribution in [-0.2, 0) is 19.1 Å². The molecule has 8 nitrogen and oxygen atoms in total. The highest BCUT2D eigenvalue weighted by Gasteiger charge is 2.17. The van der Waals surface area contributed by atoms with Gasteiger partial charge in [-0.15, -0.1) is 0 Å². The molecule has 2 aromatic rings. The van der Waals surface area contributed by atoms with Gasteiger partial charge in [-0.05, 0) is 62.4 Å². The lowest BCUT2D eigenvalue weighted by Gasteiger charge is -2.11. The topological polar surface area (TPSA) is 111 Å². The van der Waals surface area contributed by atoms with Crippen molar-refractivity contribution in [2.45, 2.75) is 25.9 Å². The number of esters is 2. The zero-order chi connectivity index (χ0) is 23.7. The van der Waals surface area contributed by atoms with Gasteiger partial charge in [-0.1, -0.05) is 11.8 Å². The van der Waals surface area contributed by atoms with E-state index in [9.17, 15) is 19.2 Å². The Morgan fingerprint density at radius 1 is 0.656 bits per heavy atom. The fraction of sp³-hybridized carbons (Fsp3) is 0.250. The number of benzene rings is 2. The van der Waals surface area contributed by atoms with E-state index in [4.69, 9.17) is 0 Å². The van der Waals surface area contributed by atoms with Crippen LogP contribution in [0.5, 0.6) is 0 Å². The van der Waals surface area contributed by atoms with E-state index < -0.39 is 35.8 Å². The summed E-state index contributed by atoms with van der Waals surface area (Å²) >= 11 is 0. The van der Waals surface area contributed by atoms with Crippen LogP contribution in [0.25, 0.3) is 0 Å². The van der Waals surface area contributed by atoms with Gasteiger partial charge in [0.05, 0.1) is 14.2 Å². The lowest BCUT2D eigenvalue weighted by molar-refractivity contribution is -0.143. The largest absolute Gasteiger partial charge is 0.467 e. The second kappa shape index (κ2) is 11.3. The van der Waals surface area contributed by atoms with Crippen molar-refractivity contribution in [3.63, 3.8) is 0 Å². The Morgan fingerprint density at radius 2 is 0.969 bits per heavy atom. The molecular formula is C24H24N2O6. The third kappa shape index (κ3) is 6.71. The van der Waals surface area contributed by atoms with E-state index in [2.05, 4.69) is 31.9 Å². The molecule has 2 aromatic carbocycles. The lowest BCUT2D eigenvalue weighted by atomic mass is 10.1.